The Labute approximate surface area is 119 Å². The number of benzene rings is 1. The van der Waals surface area contributed by atoms with Crippen molar-refractivity contribution < 1.29 is 0 Å². The summed E-state index contributed by atoms with van der Waals surface area (Å²) in [5.41, 5.74) is 8.97. The number of aliphatic imine (C=N–C) groups is 1. The minimum Gasteiger partial charge on any atom is -0.370 e. The minimum atomic E-state index is 0.495. The van der Waals surface area contributed by atoms with Gasteiger partial charge in [0, 0.05) is 18.3 Å². The first-order valence-electron chi connectivity index (χ1n) is 6.83. The molecule has 4 nitrogen and oxygen atoms in total. The fourth-order valence-corrected chi connectivity index (χ4v) is 1.85. The average Bonchev–Trinajstić information content (AvgIpc) is 2.52. The maximum absolute atomic E-state index is 5.78. The molecule has 104 valence electrons. The molecule has 0 radical (unpaired) electrons. The lowest BCUT2D eigenvalue weighted by Gasteiger charge is -2.05. The van der Waals surface area contributed by atoms with Gasteiger partial charge in [-0.3, -0.25) is 4.98 Å². The van der Waals surface area contributed by atoms with Crippen LogP contribution in [-0.4, -0.2) is 17.5 Å². The molecule has 2 aromatic rings. The molecular weight excluding hydrogens is 248 g/mol. The summed E-state index contributed by atoms with van der Waals surface area (Å²) in [6.45, 7) is 3.52. The Bertz CT molecular complexity index is 564. The van der Waals surface area contributed by atoms with Crippen LogP contribution in [0.2, 0.25) is 0 Å². The smallest absolute Gasteiger partial charge is 0.188 e. The number of rotatable bonds is 5. The molecule has 0 aliphatic heterocycles. The molecule has 0 aliphatic carbocycles. The van der Waals surface area contributed by atoms with E-state index in [0.29, 0.717) is 12.5 Å². The highest BCUT2D eigenvalue weighted by atomic mass is 15.1. The van der Waals surface area contributed by atoms with Crippen LogP contribution in [-0.2, 0) is 6.54 Å². The van der Waals surface area contributed by atoms with E-state index in [2.05, 4.69) is 28.3 Å². The Morgan fingerprint density at radius 3 is 2.90 bits per heavy atom. The summed E-state index contributed by atoms with van der Waals surface area (Å²) >= 11 is 0. The Kier molecular flexibility index (Phi) is 5.12. The molecule has 0 aliphatic rings. The molecule has 4 heteroatoms. The SMILES string of the molecule is CCCNC(N)=NCc1cccc(-c2ccccn2)c1. The second-order valence-corrected chi connectivity index (χ2v) is 4.54. The average molecular weight is 268 g/mol. The zero-order chi connectivity index (χ0) is 14.2. The molecule has 1 aromatic carbocycles. The predicted molar refractivity (Wildman–Crippen MR) is 83.3 cm³/mol. The summed E-state index contributed by atoms with van der Waals surface area (Å²) < 4.78 is 0. The molecule has 0 fully saturated rings. The lowest BCUT2D eigenvalue weighted by Crippen LogP contribution is -2.32. The summed E-state index contributed by atoms with van der Waals surface area (Å²) in [6.07, 6.45) is 2.83. The van der Waals surface area contributed by atoms with Gasteiger partial charge in [0.25, 0.3) is 0 Å². The lowest BCUT2D eigenvalue weighted by atomic mass is 10.1. The van der Waals surface area contributed by atoms with Crippen LogP contribution in [0, 0.1) is 0 Å². The summed E-state index contributed by atoms with van der Waals surface area (Å²) in [7, 11) is 0. The minimum absolute atomic E-state index is 0.495. The Hall–Kier alpha value is -2.36. The third-order valence-electron chi connectivity index (χ3n) is 2.88. The third kappa shape index (κ3) is 4.09. The van der Waals surface area contributed by atoms with E-state index in [9.17, 15) is 0 Å². The number of hydrogen-bond acceptors (Lipinski definition) is 2. The number of pyridine rings is 1. The number of aromatic nitrogens is 1. The second kappa shape index (κ2) is 7.28. The maximum Gasteiger partial charge on any atom is 0.188 e. The van der Waals surface area contributed by atoms with Crippen LogP contribution in [0.15, 0.2) is 53.7 Å². The molecule has 0 spiro atoms. The van der Waals surface area contributed by atoms with Gasteiger partial charge < -0.3 is 11.1 Å². The normalized spacial score (nSPS) is 11.3. The fraction of sp³-hybridized carbons (Fsp3) is 0.250. The largest absolute Gasteiger partial charge is 0.370 e. The maximum atomic E-state index is 5.78. The van der Waals surface area contributed by atoms with Crippen molar-refractivity contribution in [2.45, 2.75) is 19.9 Å². The molecule has 0 saturated heterocycles. The van der Waals surface area contributed by atoms with E-state index in [0.717, 1.165) is 29.8 Å². The number of nitrogens with two attached hydrogens (primary N) is 1. The second-order valence-electron chi connectivity index (χ2n) is 4.54. The van der Waals surface area contributed by atoms with Crippen molar-refractivity contribution in [3.8, 4) is 11.3 Å². The Morgan fingerprint density at radius 2 is 2.15 bits per heavy atom. The van der Waals surface area contributed by atoms with Gasteiger partial charge in [-0.25, -0.2) is 4.99 Å². The van der Waals surface area contributed by atoms with Gasteiger partial charge in [-0.15, -0.1) is 0 Å². The molecule has 2 rings (SSSR count). The summed E-state index contributed by atoms with van der Waals surface area (Å²) in [4.78, 5) is 8.68. The standard InChI is InChI=1S/C16H20N4/c1-2-9-19-16(17)20-12-13-6-5-7-14(11-13)15-8-3-4-10-18-15/h3-8,10-11H,2,9,12H2,1H3,(H3,17,19,20). The van der Waals surface area contributed by atoms with Gasteiger partial charge in [0.15, 0.2) is 5.96 Å². The molecule has 1 heterocycles. The first kappa shape index (κ1) is 14.1. The van der Waals surface area contributed by atoms with E-state index >= 15 is 0 Å². The van der Waals surface area contributed by atoms with Crippen LogP contribution in [0.3, 0.4) is 0 Å². The molecule has 0 saturated carbocycles. The van der Waals surface area contributed by atoms with Gasteiger partial charge >= 0.3 is 0 Å². The number of hydrogen-bond donors (Lipinski definition) is 2. The molecular formula is C16H20N4. The van der Waals surface area contributed by atoms with Crippen molar-refractivity contribution in [2.24, 2.45) is 10.7 Å². The van der Waals surface area contributed by atoms with Crippen LogP contribution >= 0.6 is 0 Å². The summed E-state index contributed by atoms with van der Waals surface area (Å²) in [5.74, 6) is 0.495. The first-order chi connectivity index (χ1) is 9.79. The third-order valence-corrected chi connectivity index (χ3v) is 2.88. The first-order valence-corrected chi connectivity index (χ1v) is 6.83. The van der Waals surface area contributed by atoms with Crippen LogP contribution < -0.4 is 11.1 Å². The summed E-state index contributed by atoms with van der Waals surface area (Å²) in [5, 5.41) is 3.06. The van der Waals surface area contributed by atoms with Gasteiger partial charge in [0.05, 0.1) is 12.2 Å². The zero-order valence-electron chi connectivity index (χ0n) is 11.7. The highest BCUT2D eigenvalue weighted by Crippen LogP contribution is 2.17. The molecule has 3 N–H and O–H groups in total. The van der Waals surface area contributed by atoms with Crippen LogP contribution in [0.5, 0.6) is 0 Å². The van der Waals surface area contributed by atoms with Gasteiger partial charge in [-0.1, -0.05) is 31.2 Å². The van der Waals surface area contributed by atoms with E-state index in [1.807, 2.05) is 36.4 Å². The molecule has 0 bridgehead atoms. The van der Waals surface area contributed by atoms with Crippen LogP contribution in [0.25, 0.3) is 11.3 Å². The van der Waals surface area contributed by atoms with Gasteiger partial charge in [-0.2, -0.15) is 0 Å². The van der Waals surface area contributed by atoms with Crippen LogP contribution in [0.4, 0.5) is 0 Å². The Morgan fingerprint density at radius 1 is 1.25 bits per heavy atom. The quantitative estimate of drug-likeness (QED) is 0.647. The highest BCUT2D eigenvalue weighted by molar-refractivity contribution is 5.77. The van der Waals surface area contributed by atoms with E-state index in [-0.39, 0.29) is 0 Å². The van der Waals surface area contributed by atoms with Gasteiger partial charge in [0.1, 0.15) is 0 Å². The van der Waals surface area contributed by atoms with Crippen molar-refractivity contribution >= 4 is 5.96 Å². The van der Waals surface area contributed by atoms with Gasteiger partial charge in [0.2, 0.25) is 0 Å². The zero-order valence-corrected chi connectivity index (χ0v) is 11.7. The molecule has 0 atom stereocenters. The number of nitrogens with one attached hydrogen (secondary N) is 1. The fourth-order valence-electron chi connectivity index (χ4n) is 1.85. The monoisotopic (exact) mass is 268 g/mol. The van der Waals surface area contributed by atoms with Gasteiger partial charge in [-0.05, 0) is 30.2 Å². The molecule has 1 aromatic heterocycles. The molecule has 20 heavy (non-hydrogen) atoms. The lowest BCUT2D eigenvalue weighted by molar-refractivity contribution is 0.825. The van der Waals surface area contributed by atoms with Crippen molar-refractivity contribution in [2.75, 3.05) is 6.54 Å². The topological polar surface area (TPSA) is 63.3 Å². The highest BCUT2D eigenvalue weighted by Gasteiger charge is 1.99. The molecule has 0 amide bonds. The van der Waals surface area contributed by atoms with E-state index in [1.165, 1.54) is 0 Å². The molecule has 0 unspecified atom stereocenters. The van der Waals surface area contributed by atoms with E-state index < -0.39 is 0 Å². The summed E-state index contributed by atoms with van der Waals surface area (Å²) in [6, 6.07) is 14.1. The van der Waals surface area contributed by atoms with E-state index in [4.69, 9.17) is 5.73 Å². The van der Waals surface area contributed by atoms with Crippen molar-refractivity contribution in [1.29, 1.82) is 0 Å². The predicted octanol–water partition coefficient (Wildman–Crippen LogP) is 2.56. The van der Waals surface area contributed by atoms with Crippen molar-refractivity contribution in [1.82, 2.24) is 10.3 Å². The number of nitrogens with zero attached hydrogens (tertiary/aromatic N) is 2. The Balaban J connectivity index is 2.07. The van der Waals surface area contributed by atoms with Crippen LogP contribution in [0.1, 0.15) is 18.9 Å². The van der Waals surface area contributed by atoms with Crippen molar-refractivity contribution in [3.63, 3.8) is 0 Å². The van der Waals surface area contributed by atoms with E-state index in [1.54, 1.807) is 6.20 Å². The number of guanidine groups is 1. The van der Waals surface area contributed by atoms with Crippen molar-refractivity contribution in [3.05, 3.63) is 54.2 Å².